The van der Waals surface area contributed by atoms with Crippen molar-refractivity contribution >= 4 is 17.6 Å². The van der Waals surface area contributed by atoms with Crippen LogP contribution in [0.25, 0.3) is 0 Å². The van der Waals surface area contributed by atoms with E-state index in [1.807, 2.05) is 18.2 Å². The Hall–Kier alpha value is -1.88. The number of anilines is 1. The zero-order chi connectivity index (χ0) is 14.1. The molecule has 0 heterocycles. The van der Waals surface area contributed by atoms with Gasteiger partial charge in [0.2, 0.25) is 0 Å². The third kappa shape index (κ3) is 6.01. The van der Waals surface area contributed by atoms with Crippen molar-refractivity contribution in [3.8, 4) is 0 Å². The molecule has 1 aromatic rings. The van der Waals surface area contributed by atoms with Crippen LogP contribution < -0.4 is 5.32 Å². The highest BCUT2D eigenvalue weighted by molar-refractivity contribution is 5.94. The highest BCUT2D eigenvalue weighted by Gasteiger charge is 2.17. The van der Waals surface area contributed by atoms with E-state index in [0.717, 1.165) is 5.69 Å². The third-order valence-corrected chi connectivity index (χ3v) is 2.73. The van der Waals surface area contributed by atoms with E-state index in [0.29, 0.717) is 19.3 Å². The summed E-state index contributed by atoms with van der Waals surface area (Å²) < 4.78 is 5.13. The van der Waals surface area contributed by atoms with Crippen LogP contribution in [0.2, 0.25) is 0 Å². The Kier molecular flexibility index (Phi) is 6.60. The summed E-state index contributed by atoms with van der Waals surface area (Å²) >= 11 is 0. The Morgan fingerprint density at radius 2 is 1.95 bits per heavy atom. The van der Waals surface area contributed by atoms with E-state index in [-0.39, 0.29) is 12.3 Å². The van der Waals surface area contributed by atoms with Crippen molar-refractivity contribution in [3.63, 3.8) is 0 Å². The molecule has 1 amide bonds. The van der Waals surface area contributed by atoms with Crippen molar-refractivity contribution in [2.45, 2.75) is 31.8 Å². The van der Waals surface area contributed by atoms with E-state index in [2.05, 4.69) is 5.32 Å². The van der Waals surface area contributed by atoms with Gasteiger partial charge >= 0.3 is 5.97 Å². The maximum Gasteiger partial charge on any atom is 0.303 e. The van der Waals surface area contributed by atoms with E-state index >= 15 is 0 Å². The molecule has 0 spiro atoms. The standard InChI is InChI=1S/C14H19NO4/c1-19-12(9-5-6-10-13(16)17)14(18)15-11-7-3-2-4-8-11/h2-4,7-8,12H,5-6,9-10H2,1H3,(H,15,18)(H,16,17)/t12-/m0/s1. The van der Waals surface area contributed by atoms with Crippen LogP contribution >= 0.6 is 0 Å². The van der Waals surface area contributed by atoms with Gasteiger partial charge in [0.15, 0.2) is 0 Å². The number of methoxy groups -OCH3 is 1. The van der Waals surface area contributed by atoms with Crippen LogP contribution in [0.1, 0.15) is 25.7 Å². The van der Waals surface area contributed by atoms with Gasteiger partial charge in [0.25, 0.3) is 5.91 Å². The molecule has 0 aromatic heterocycles. The Morgan fingerprint density at radius 1 is 1.26 bits per heavy atom. The van der Waals surface area contributed by atoms with Crippen molar-refractivity contribution in [1.82, 2.24) is 0 Å². The number of hydrogen-bond acceptors (Lipinski definition) is 3. The molecule has 1 rings (SSSR count). The van der Waals surface area contributed by atoms with E-state index in [4.69, 9.17) is 9.84 Å². The molecule has 0 bridgehead atoms. The lowest BCUT2D eigenvalue weighted by Crippen LogP contribution is -2.29. The lowest BCUT2D eigenvalue weighted by atomic mass is 10.1. The second kappa shape index (κ2) is 8.26. The van der Waals surface area contributed by atoms with Gasteiger partial charge in [0.05, 0.1) is 0 Å². The number of ether oxygens (including phenoxy) is 1. The van der Waals surface area contributed by atoms with Crippen molar-refractivity contribution < 1.29 is 19.4 Å². The average Bonchev–Trinajstić information content (AvgIpc) is 2.39. The number of nitrogens with one attached hydrogen (secondary N) is 1. The number of carboxylic acids is 1. The molecule has 0 saturated carbocycles. The fourth-order valence-electron chi connectivity index (χ4n) is 1.71. The molecule has 0 radical (unpaired) electrons. The minimum absolute atomic E-state index is 0.122. The van der Waals surface area contributed by atoms with Gasteiger partial charge < -0.3 is 15.2 Å². The molecule has 0 saturated heterocycles. The molecule has 2 N–H and O–H groups in total. The number of amides is 1. The number of rotatable bonds is 8. The predicted octanol–water partition coefficient (Wildman–Crippen LogP) is 2.29. The Bertz CT molecular complexity index is 405. The van der Waals surface area contributed by atoms with Crippen LogP contribution in [0, 0.1) is 0 Å². The first-order chi connectivity index (χ1) is 9.13. The van der Waals surface area contributed by atoms with Gasteiger partial charge in [-0.05, 0) is 31.4 Å². The summed E-state index contributed by atoms with van der Waals surface area (Å²) in [6.07, 6.45) is 1.29. The summed E-state index contributed by atoms with van der Waals surface area (Å²) in [6, 6.07) is 9.15. The summed E-state index contributed by atoms with van der Waals surface area (Å²) in [5, 5.41) is 11.3. The minimum Gasteiger partial charge on any atom is -0.481 e. The fraction of sp³-hybridized carbons (Fsp3) is 0.429. The van der Waals surface area contributed by atoms with E-state index in [1.165, 1.54) is 7.11 Å². The number of para-hydroxylation sites is 1. The summed E-state index contributed by atoms with van der Waals surface area (Å²) in [6.45, 7) is 0. The van der Waals surface area contributed by atoms with Gasteiger partial charge in [0, 0.05) is 19.2 Å². The Labute approximate surface area is 112 Å². The fourth-order valence-corrected chi connectivity index (χ4v) is 1.71. The quantitative estimate of drug-likeness (QED) is 0.707. The number of aliphatic carboxylic acids is 1. The summed E-state index contributed by atoms with van der Waals surface area (Å²) in [7, 11) is 1.48. The molecular weight excluding hydrogens is 246 g/mol. The second-order valence-electron chi connectivity index (χ2n) is 4.22. The molecule has 0 fully saturated rings. The molecule has 0 unspecified atom stereocenters. The second-order valence-corrected chi connectivity index (χ2v) is 4.22. The lowest BCUT2D eigenvalue weighted by molar-refractivity contribution is -0.137. The van der Waals surface area contributed by atoms with Crippen LogP contribution in [0.3, 0.4) is 0 Å². The number of carbonyl (C=O) groups excluding carboxylic acids is 1. The average molecular weight is 265 g/mol. The van der Waals surface area contributed by atoms with Crippen LogP contribution in [0.4, 0.5) is 5.69 Å². The smallest absolute Gasteiger partial charge is 0.303 e. The Morgan fingerprint density at radius 3 is 2.53 bits per heavy atom. The van der Waals surface area contributed by atoms with Gasteiger partial charge in [-0.3, -0.25) is 9.59 Å². The first-order valence-corrected chi connectivity index (χ1v) is 6.24. The molecule has 1 aromatic carbocycles. The monoisotopic (exact) mass is 265 g/mol. The van der Waals surface area contributed by atoms with Crippen LogP contribution in [-0.2, 0) is 14.3 Å². The first kappa shape index (κ1) is 15.2. The molecular formula is C14H19NO4. The van der Waals surface area contributed by atoms with E-state index < -0.39 is 12.1 Å². The van der Waals surface area contributed by atoms with Gasteiger partial charge in [-0.25, -0.2) is 0 Å². The van der Waals surface area contributed by atoms with Crippen molar-refractivity contribution in [3.05, 3.63) is 30.3 Å². The van der Waals surface area contributed by atoms with Crippen LogP contribution in [-0.4, -0.2) is 30.2 Å². The van der Waals surface area contributed by atoms with Gasteiger partial charge in [-0.2, -0.15) is 0 Å². The van der Waals surface area contributed by atoms with E-state index in [9.17, 15) is 9.59 Å². The van der Waals surface area contributed by atoms with Gasteiger partial charge in [-0.1, -0.05) is 18.2 Å². The molecule has 5 nitrogen and oxygen atoms in total. The number of unbranched alkanes of at least 4 members (excludes halogenated alkanes) is 1. The molecule has 1 atom stereocenters. The highest BCUT2D eigenvalue weighted by atomic mass is 16.5. The van der Waals surface area contributed by atoms with Gasteiger partial charge in [-0.15, -0.1) is 0 Å². The van der Waals surface area contributed by atoms with Crippen LogP contribution in [0.5, 0.6) is 0 Å². The number of carbonyl (C=O) groups is 2. The molecule has 104 valence electrons. The number of hydrogen-bond donors (Lipinski definition) is 2. The van der Waals surface area contributed by atoms with Crippen molar-refractivity contribution in [2.75, 3.05) is 12.4 Å². The minimum atomic E-state index is -0.817. The highest BCUT2D eigenvalue weighted by Crippen LogP contribution is 2.11. The maximum absolute atomic E-state index is 11.9. The topological polar surface area (TPSA) is 75.6 Å². The SMILES string of the molecule is CO[C@@H](CCCCC(=O)O)C(=O)Nc1ccccc1. The lowest BCUT2D eigenvalue weighted by Gasteiger charge is -2.15. The largest absolute Gasteiger partial charge is 0.481 e. The van der Waals surface area contributed by atoms with Crippen LogP contribution in [0.15, 0.2) is 30.3 Å². The van der Waals surface area contributed by atoms with Gasteiger partial charge in [0.1, 0.15) is 6.10 Å². The number of carboxylic acid groups (broad SMARTS) is 1. The molecule has 19 heavy (non-hydrogen) atoms. The summed E-state index contributed by atoms with van der Waals surface area (Å²) in [4.78, 5) is 22.3. The maximum atomic E-state index is 11.9. The summed E-state index contributed by atoms with van der Waals surface area (Å²) in [5.74, 6) is -1.02. The predicted molar refractivity (Wildman–Crippen MR) is 72.0 cm³/mol. The first-order valence-electron chi connectivity index (χ1n) is 6.24. The molecule has 5 heteroatoms. The third-order valence-electron chi connectivity index (χ3n) is 2.73. The summed E-state index contributed by atoms with van der Waals surface area (Å²) in [5.41, 5.74) is 0.722. The normalized spacial score (nSPS) is 11.8. The number of benzene rings is 1. The molecule has 0 aliphatic carbocycles. The van der Waals surface area contributed by atoms with E-state index in [1.54, 1.807) is 12.1 Å². The van der Waals surface area contributed by atoms with Crippen molar-refractivity contribution in [1.29, 1.82) is 0 Å². The molecule has 0 aliphatic heterocycles. The zero-order valence-electron chi connectivity index (χ0n) is 11.0. The Balaban J connectivity index is 2.37. The van der Waals surface area contributed by atoms with Crippen molar-refractivity contribution in [2.24, 2.45) is 0 Å². The zero-order valence-corrected chi connectivity index (χ0v) is 11.0. The molecule has 0 aliphatic rings.